The summed E-state index contributed by atoms with van der Waals surface area (Å²) in [5.41, 5.74) is 22.1. The quantitative estimate of drug-likeness (QED) is 0.0303. The molecular weight excluding hydrogens is 1790 g/mol. The molecule has 9 amide bonds. The summed E-state index contributed by atoms with van der Waals surface area (Å²) in [4.78, 5) is 130. The Kier molecular flexibility index (Phi) is 30.0. The molecular formula is C95H94BrN21O17. The molecule has 6 aliphatic rings. The van der Waals surface area contributed by atoms with Gasteiger partial charge in [0.15, 0.2) is 0 Å². The highest BCUT2D eigenvalue weighted by molar-refractivity contribution is 9.10. The van der Waals surface area contributed by atoms with E-state index in [9.17, 15) is 63.4 Å². The van der Waals surface area contributed by atoms with Crippen molar-refractivity contribution in [3.8, 4) is 6.07 Å². The van der Waals surface area contributed by atoms with Gasteiger partial charge in [-0.2, -0.15) is 25.7 Å². The summed E-state index contributed by atoms with van der Waals surface area (Å²) in [6.45, 7) is 21.1. The van der Waals surface area contributed by atoms with Crippen LogP contribution < -0.4 is 37.6 Å². The summed E-state index contributed by atoms with van der Waals surface area (Å²) in [6, 6.07) is 55.4. The third-order valence-electron chi connectivity index (χ3n) is 19.9. The van der Waals surface area contributed by atoms with E-state index >= 15 is 0 Å². The Balaban J connectivity index is 0.000000141. The number of halogens is 1. The highest BCUT2D eigenvalue weighted by Gasteiger charge is 2.39. The van der Waals surface area contributed by atoms with Gasteiger partial charge in [0.05, 0.1) is 74.7 Å². The molecule has 0 spiro atoms. The number of rotatable bonds is 8. The fourth-order valence-corrected chi connectivity index (χ4v) is 14.5. The highest BCUT2D eigenvalue weighted by Crippen LogP contribution is 2.35. The molecule has 39 heteroatoms. The maximum Gasteiger partial charge on any atom is 0.417 e. The largest absolute Gasteiger partial charge is 0.443 e. The van der Waals surface area contributed by atoms with Crippen molar-refractivity contribution < 1.29 is 72.3 Å². The van der Waals surface area contributed by atoms with Crippen molar-refractivity contribution >= 4 is 143 Å². The fourth-order valence-electron chi connectivity index (χ4n) is 14.0. The Morgan fingerprint density at radius 1 is 0.440 bits per heavy atom. The number of nitrogen functional groups attached to an aromatic ring is 1. The Morgan fingerprint density at radius 2 is 0.716 bits per heavy atom. The van der Waals surface area contributed by atoms with Crippen LogP contribution in [0.3, 0.4) is 0 Å². The van der Waals surface area contributed by atoms with Gasteiger partial charge in [-0.1, -0.05) is 0 Å². The van der Waals surface area contributed by atoms with Gasteiger partial charge in [-0.25, -0.2) is 47.1 Å². The number of nitro groups is 2. The van der Waals surface area contributed by atoms with Gasteiger partial charge in [0, 0.05) is 168 Å². The molecule has 6 aliphatic heterocycles. The Labute approximate surface area is 775 Å². The molecule has 0 unspecified atom stereocenters. The predicted octanol–water partition coefficient (Wildman–Crippen LogP) is 16.7. The number of carbonyl (C=O) groups excluding carboxylic acids is 9. The second-order valence-electron chi connectivity index (χ2n) is 33.1. The van der Waals surface area contributed by atoms with E-state index in [1.165, 1.54) is 43.3 Å². The average molecular weight is 1880 g/mol. The number of amides is 9. The number of ether oxygens (including phenoxy) is 3. The number of aromatic nitrogens is 8. The number of fused-ring (bicyclic) bond motifs is 10. The van der Waals surface area contributed by atoms with E-state index in [-0.39, 0.29) is 67.2 Å². The molecule has 0 fully saturated rings. The summed E-state index contributed by atoms with van der Waals surface area (Å²) in [5.74, 6) is -1.31. The first-order chi connectivity index (χ1) is 63.8. The van der Waals surface area contributed by atoms with E-state index < -0.39 is 50.8 Å². The Morgan fingerprint density at radius 3 is 1.06 bits per heavy atom. The number of benzene rings is 6. The maximum atomic E-state index is 12.5. The zero-order valence-corrected chi connectivity index (χ0v) is 76.2. The van der Waals surface area contributed by atoms with Gasteiger partial charge in [0.2, 0.25) is 0 Å². The number of hydrogen-bond acceptors (Lipinski definition) is 26. The molecule has 20 rings (SSSR count). The lowest BCUT2D eigenvalue weighted by Gasteiger charge is -2.23. The van der Waals surface area contributed by atoms with Gasteiger partial charge < -0.3 is 57.0 Å². The van der Waals surface area contributed by atoms with E-state index in [0.29, 0.717) is 58.7 Å². The van der Waals surface area contributed by atoms with Gasteiger partial charge >= 0.3 is 18.3 Å². The molecule has 688 valence electrons. The molecule has 0 radical (unpaired) electrons. The zero-order chi connectivity index (χ0) is 96.6. The summed E-state index contributed by atoms with van der Waals surface area (Å²) in [5, 5.41) is 71.1. The molecule has 0 atom stereocenters. The van der Waals surface area contributed by atoms with Gasteiger partial charge in [0.25, 0.3) is 46.8 Å². The molecule has 0 aliphatic carbocycles. The first-order valence-electron chi connectivity index (χ1n) is 41.7. The summed E-state index contributed by atoms with van der Waals surface area (Å²) in [7, 11) is 0. The minimum atomic E-state index is -0.749. The molecule has 0 bridgehead atoms. The normalized spacial score (nSPS) is 13.1. The van der Waals surface area contributed by atoms with Crippen LogP contribution in [-0.4, -0.2) is 145 Å². The summed E-state index contributed by atoms with van der Waals surface area (Å²) < 4.78 is 24.0. The number of anilines is 7. The number of hydrogen-bond donors (Lipinski definition) is 8. The standard InChI is InChI=1S/C20H20N4O3.2C15H12N4O.C13H14N2O5.C13H16N2O3.C8H6N2O3.C7H5BrN2.C2H3N.C2H6O/c1-20(2,3)27-19(26)23-12-13-11-14(6-7-15(13)18(23)25)22-16-8-10-24-17(16)5-4-9-21-24;2*20-15-12-4-3-11(8-10(12)9-16-15)18-13-5-7-19-14(13)2-1-6-17-19;1-13(2,3)20-12(17)14-7-8-6-9(15(18)19)4-5-10(8)11(14)16;1-13(2,3)18-12(17)15-7-8-6-9(14)4-5-10(8)11(15)16;11-8-7-2-1-6(10(12)13)3-5(7)4-9-8;8-6-3-5-10-7(6)2-1-4-9-10;2*1-2-3/h4-11,22H,12H2,1-3H3;2*1-8,18H,9H2,(H,16,20);4-6H,7H2,1-3H3;4-6H,7,14H2,1-3H3;1-3H,4H2,(H,9,11);1-5H;1H3;3H,2H2,1H3. The van der Waals surface area contributed by atoms with Crippen LogP contribution in [0.4, 0.5) is 65.6 Å². The van der Waals surface area contributed by atoms with Crippen molar-refractivity contribution in [1.82, 2.24) is 69.1 Å². The highest BCUT2D eigenvalue weighted by atomic mass is 79.9. The van der Waals surface area contributed by atoms with Crippen molar-refractivity contribution in [3.63, 3.8) is 0 Å². The van der Waals surface area contributed by atoms with Gasteiger partial charge in [-0.15, -0.1) is 0 Å². The van der Waals surface area contributed by atoms with Crippen molar-refractivity contribution in [1.29, 1.82) is 5.26 Å². The van der Waals surface area contributed by atoms with Crippen LogP contribution in [0.5, 0.6) is 0 Å². The van der Waals surface area contributed by atoms with Crippen molar-refractivity contribution in [2.75, 3.05) is 28.3 Å². The monoisotopic (exact) mass is 1880 g/mol. The van der Waals surface area contributed by atoms with E-state index in [0.717, 1.165) is 109 Å². The number of carbonyl (C=O) groups is 9. The maximum absolute atomic E-state index is 12.5. The van der Waals surface area contributed by atoms with Crippen LogP contribution in [0.25, 0.3) is 22.1 Å². The number of imide groups is 3. The van der Waals surface area contributed by atoms with Crippen LogP contribution in [0.2, 0.25) is 0 Å². The lowest BCUT2D eigenvalue weighted by molar-refractivity contribution is -0.385. The molecule has 8 aromatic heterocycles. The van der Waals surface area contributed by atoms with E-state index in [2.05, 4.69) is 68.2 Å². The molecule has 14 heterocycles. The van der Waals surface area contributed by atoms with Crippen LogP contribution in [0.15, 0.2) is 236 Å². The van der Waals surface area contributed by atoms with Crippen LogP contribution in [0.1, 0.15) is 172 Å². The van der Waals surface area contributed by atoms with Crippen LogP contribution >= 0.6 is 15.9 Å². The predicted molar refractivity (Wildman–Crippen MR) is 501 cm³/mol. The number of nitriles is 1. The van der Waals surface area contributed by atoms with Gasteiger partial charge in [-0.3, -0.25) is 49.0 Å². The third kappa shape index (κ3) is 23.8. The third-order valence-corrected chi connectivity index (χ3v) is 20.6. The van der Waals surface area contributed by atoms with E-state index in [4.69, 9.17) is 30.3 Å². The molecule has 14 aromatic rings. The molecule has 0 saturated carbocycles. The number of aliphatic hydroxyl groups excluding tert-OH is 1. The number of non-ortho nitro benzene ring substituents is 2. The smallest absolute Gasteiger partial charge is 0.417 e. The number of nitrogens with one attached hydrogen (secondary N) is 6. The van der Waals surface area contributed by atoms with Crippen molar-refractivity contribution in [2.24, 2.45) is 0 Å². The number of aliphatic hydroxyl groups is 1. The lowest BCUT2D eigenvalue weighted by Crippen LogP contribution is -2.36. The lowest BCUT2D eigenvalue weighted by atomic mass is 10.1. The average Bonchev–Trinajstić information content (AvgIpc) is 1.64. The Hall–Kier alpha value is -16.8. The summed E-state index contributed by atoms with van der Waals surface area (Å²) in [6.07, 6.45) is 12.6. The minimum Gasteiger partial charge on any atom is -0.443 e. The first-order valence-corrected chi connectivity index (χ1v) is 42.5. The molecule has 9 N–H and O–H groups in total. The number of nitrogens with two attached hydrogens (primary N) is 1. The van der Waals surface area contributed by atoms with Crippen molar-refractivity contribution in [3.05, 3.63) is 323 Å². The molecule has 134 heavy (non-hydrogen) atoms. The van der Waals surface area contributed by atoms with Gasteiger partial charge in [-0.05, 0) is 276 Å². The van der Waals surface area contributed by atoms with Crippen LogP contribution in [0, 0.1) is 31.6 Å². The second-order valence-corrected chi connectivity index (χ2v) is 33.9. The Bertz CT molecular complexity index is 6780. The van der Waals surface area contributed by atoms with Crippen LogP contribution in [-0.2, 0) is 53.5 Å². The molecule has 38 nitrogen and oxygen atoms in total. The van der Waals surface area contributed by atoms with Gasteiger partial charge in [0.1, 0.15) is 16.8 Å². The minimum absolute atomic E-state index is 0.00469. The zero-order valence-electron chi connectivity index (χ0n) is 74.6. The molecule has 6 aromatic carbocycles. The number of nitro benzene ring substituents is 2. The van der Waals surface area contributed by atoms with E-state index in [1.54, 1.807) is 129 Å². The molecule has 0 saturated heterocycles. The topological polar surface area (TPSA) is 489 Å². The second kappa shape index (κ2) is 41.8. The fraction of sp³-hybridized carbons (Fsp3) is 0.221. The van der Waals surface area contributed by atoms with E-state index in [1.807, 2.05) is 160 Å². The SMILES string of the molecule is Brc1ccn2ncccc12.CC#N.CC(C)(C)OC(=O)N1Cc2cc(N)ccc2C1=O.CC(C)(C)OC(=O)N1Cc2cc(Nc3ccn4ncccc34)ccc2C1=O.CC(C)(C)OC(=O)N1Cc2cc([N+](=O)[O-])ccc2C1=O.CCO.O=C1NCc2cc(Nc3ccn4ncccc34)ccc21.O=C1NCc2cc(Nc3ccn4ncccc34)ccc21.O=C1NCc2cc([N+](=O)[O-])ccc21. The van der Waals surface area contributed by atoms with Crippen molar-refractivity contribution in [2.45, 2.75) is 132 Å². The number of nitrogens with zero attached hydrogens (tertiary/aromatic N) is 14. The first kappa shape index (κ1) is 96.3. The summed E-state index contributed by atoms with van der Waals surface area (Å²) >= 11 is 3.41.